The van der Waals surface area contributed by atoms with Gasteiger partial charge in [0.25, 0.3) is 0 Å². The number of pyridine rings is 1. The zero-order valence-electron chi connectivity index (χ0n) is 14.8. The van der Waals surface area contributed by atoms with E-state index in [1.807, 2.05) is 22.2 Å². The number of nitrogens with one attached hydrogen (secondary N) is 1. The highest BCUT2D eigenvalue weighted by Gasteiger charge is 2.21. The molecule has 1 aromatic carbocycles. The maximum absolute atomic E-state index is 12.5. The number of fused-ring (bicyclic) bond motifs is 1. The molecule has 0 amide bonds. The van der Waals surface area contributed by atoms with Crippen molar-refractivity contribution in [3.63, 3.8) is 0 Å². The zero-order chi connectivity index (χ0) is 18.8. The summed E-state index contributed by atoms with van der Waals surface area (Å²) in [5.41, 5.74) is 3.02. The molecule has 1 fully saturated rings. The molecule has 1 aliphatic heterocycles. The van der Waals surface area contributed by atoms with Crippen LogP contribution < -0.4 is 15.0 Å². The number of benzene rings is 1. The smallest absolute Gasteiger partial charge is 0.387 e. The van der Waals surface area contributed by atoms with E-state index >= 15 is 0 Å². The van der Waals surface area contributed by atoms with E-state index in [2.05, 4.69) is 33.1 Å². The Kier molecular flexibility index (Phi) is 5.18. The SMILES string of the molecule is CC1CN(c2cn(Sc3cccc(OC(F)F)c3)c3cccnc23)CCN1. The van der Waals surface area contributed by atoms with Crippen molar-refractivity contribution in [2.24, 2.45) is 0 Å². The molecular weight excluding hydrogens is 370 g/mol. The molecule has 4 rings (SSSR count). The summed E-state index contributed by atoms with van der Waals surface area (Å²) < 4.78 is 31.5. The Morgan fingerprint density at radius 3 is 3.00 bits per heavy atom. The Morgan fingerprint density at radius 1 is 1.30 bits per heavy atom. The molecule has 1 unspecified atom stereocenters. The van der Waals surface area contributed by atoms with Crippen LogP contribution >= 0.6 is 11.9 Å². The second-order valence-electron chi connectivity index (χ2n) is 6.46. The van der Waals surface area contributed by atoms with Gasteiger partial charge in [0.15, 0.2) is 0 Å². The Balaban J connectivity index is 1.66. The number of rotatable bonds is 5. The fraction of sp³-hybridized carbons (Fsp3) is 0.316. The van der Waals surface area contributed by atoms with Crippen molar-refractivity contribution in [1.29, 1.82) is 0 Å². The molecule has 3 aromatic rings. The van der Waals surface area contributed by atoms with Crippen molar-refractivity contribution in [2.45, 2.75) is 24.5 Å². The summed E-state index contributed by atoms with van der Waals surface area (Å²) >= 11 is 1.45. The fourth-order valence-corrected chi connectivity index (χ4v) is 4.23. The third-order valence-corrected chi connectivity index (χ3v) is 5.41. The number of anilines is 1. The van der Waals surface area contributed by atoms with Crippen LogP contribution in [0.1, 0.15) is 6.92 Å². The van der Waals surface area contributed by atoms with Crippen molar-refractivity contribution in [2.75, 3.05) is 24.5 Å². The Morgan fingerprint density at radius 2 is 2.19 bits per heavy atom. The van der Waals surface area contributed by atoms with Crippen molar-refractivity contribution in [3.05, 3.63) is 48.8 Å². The van der Waals surface area contributed by atoms with Crippen LogP contribution in [0.4, 0.5) is 14.5 Å². The third-order valence-electron chi connectivity index (χ3n) is 4.45. The summed E-state index contributed by atoms with van der Waals surface area (Å²) in [5.74, 6) is 0.153. The lowest BCUT2D eigenvalue weighted by atomic mass is 10.2. The third kappa shape index (κ3) is 4.01. The van der Waals surface area contributed by atoms with Crippen LogP contribution in [0.2, 0.25) is 0 Å². The van der Waals surface area contributed by atoms with E-state index in [0.717, 1.165) is 41.3 Å². The van der Waals surface area contributed by atoms with Gasteiger partial charge in [-0.05, 0) is 49.2 Å². The van der Waals surface area contributed by atoms with E-state index in [1.165, 1.54) is 18.0 Å². The molecule has 1 saturated heterocycles. The first-order valence-electron chi connectivity index (χ1n) is 8.78. The lowest BCUT2D eigenvalue weighted by Crippen LogP contribution is -2.49. The summed E-state index contributed by atoms with van der Waals surface area (Å²) in [6, 6.07) is 11.1. The van der Waals surface area contributed by atoms with Crippen LogP contribution in [0, 0.1) is 0 Å². The predicted octanol–water partition coefficient (Wildman–Crippen LogP) is 3.99. The molecule has 0 bridgehead atoms. The Hall–Kier alpha value is -2.32. The number of ether oxygens (including phenoxy) is 1. The van der Waals surface area contributed by atoms with Gasteiger partial charge >= 0.3 is 6.61 Å². The molecule has 0 saturated carbocycles. The predicted molar refractivity (Wildman–Crippen MR) is 104 cm³/mol. The molecule has 142 valence electrons. The van der Waals surface area contributed by atoms with Crippen molar-refractivity contribution in [1.82, 2.24) is 14.3 Å². The summed E-state index contributed by atoms with van der Waals surface area (Å²) in [7, 11) is 0. The first-order chi connectivity index (χ1) is 13.1. The molecule has 2 aromatic heterocycles. The summed E-state index contributed by atoms with van der Waals surface area (Å²) in [6.07, 6.45) is 3.87. The standard InChI is InChI=1S/C19H20F2N4OS/c1-13-11-24(9-8-22-13)17-12-25(16-6-3-7-23-18(16)17)27-15-5-2-4-14(10-15)26-19(20)21/h2-7,10,12-13,19,22H,8-9,11H2,1H3. The van der Waals surface area contributed by atoms with Crippen molar-refractivity contribution < 1.29 is 13.5 Å². The second kappa shape index (κ2) is 7.74. The number of hydrogen-bond donors (Lipinski definition) is 1. The number of hydrogen-bond acceptors (Lipinski definition) is 5. The van der Waals surface area contributed by atoms with Gasteiger partial charge in [-0.3, -0.25) is 8.96 Å². The summed E-state index contributed by atoms with van der Waals surface area (Å²) in [6.45, 7) is 2.10. The first-order valence-corrected chi connectivity index (χ1v) is 9.55. The number of halogens is 2. The van der Waals surface area contributed by atoms with Crippen LogP contribution in [-0.2, 0) is 0 Å². The van der Waals surface area contributed by atoms with E-state index in [4.69, 9.17) is 0 Å². The average Bonchev–Trinajstić information content (AvgIpc) is 3.00. The minimum Gasteiger partial charge on any atom is -0.435 e. The number of piperazine rings is 1. The van der Waals surface area contributed by atoms with Gasteiger partial charge < -0.3 is 15.0 Å². The van der Waals surface area contributed by atoms with Gasteiger partial charge in [0.05, 0.1) is 11.2 Å². The van der Waals surface area contributed by atoms with E-state index in [9.17, 15) is 8.78 Å². The second-order valence-corrected chi connectivity index (χ2v) is 7.50. The van der Waals surface area contributed by atoms with Crippen LogP contribution in [0.25, 0.3) is 11.0 Å². The van der Waals surface area contributed by atoms with Gasteiger partial charge in [-0.15, -0.1) is 0 Å². The van der Waals surface area contributed by atoms with E-state index in [0.29, 0.717) is 6.04 Å². The maximum atomic E-state index is 12.5. The first kappa shape index (κ1) is 18.1. The van der Waals surface area contributed by atoms with Gasteiger partial charge in [-0.2, -0.15) is 8.78 Å². The summed E-state index contributed by atoms with van der Waals surface area (Å²) in [4.78, 5) is 7.73. The van der Waals surface area contributed by atoms with Gasteiger partial charge in [-0.25, -0.2) is 0 Å². The molecule has 0 radical (unpaired) electrons. The van der Waals surface area contributed by atoms with Gasteiger partial charge in [-0.1, -0.05) is 6.07 Å². The molecular formula is C19H20F2N4OS. The van der Waals surface area contributed by atoms with Gasteiger partial charge in [0.2, 0.25) is 0 Å². The molecule has 3 heterocycles. The Labute approximate surface area is 160 Å². The molecule has 0 spiro atoms. The maximum Gasteiger partial charge on any atom is 0.387 e. The monoisotopic (exact) mass is 390 g/mol. The minimum absolute atomic E-state index is 0.153. The van der Waals surface area contributed by atoms with Crippen LogP contribution in [0.3, 0.4) is 0 Å². The van der Waals surface area contributed by atoms with Crippen LogP contribution in [-0.4, -0.2) is 41.2 Å². The topological polar surface area (TPSA) is 42.3 Å². The van der Waals surface area contributed by atoms with Crippen LogP contribution in [0.5, 0.6) is 5.75 Å². The summed E-state index contributed by atoms with van der Waals surface area (Å²) in [5, 5.41) is 3.45. The average molecular weight is 390 g/mol. The van der Waals surface area contributed by atoms with Crippen molar-refractivity contribution in [3.8, 4) is 5.75 Å². The van der Waals surface area contributed by atoms with E-state index in [-0.39, 0.29) is 5.75 Å². The van der Waals surface area contributed by atoms with E-state index in [1.54, 1.807) is 18.3 Å². The highest BCUT2D eigenvalue weighted by Crippen LogP contribution is 2.34. The molecule has 1 N–H and O–H groups in total. The molecule has 5 nitrogen and oxygen atoms in total. The molecule has 0 aliphatic carbocycles. The Bertz CT molecular complexity index is 933. The molecule has 27 heavy (non-hydrogen) atoms. The molecule has 1 aliphatic rings. The van der Waals surface area contributed by atoms with Crippen LogP contribution in [0.15, 0.2) is 53.7 Å². The zero-order valence-corrected chi connectivity index (χ0v) is 15.6. The quantitative estimate of drug-likeness (QED) is 0.714. The molecule has 8 heteroatoms. The lowest BCUT2D eigenvalue weighted by molar-refractivity contribution is -0.0499. The fourth-order valence-electron chi connectivity index (χ4n) is 3.29. The van der Waals surface area contributed by atoms with E-state index < -0.39 is 6.61 Å². The molecule has 1 atom stereocenters. The number of aromatic nitrogens is 2. The highest BCUT2D eigenvalue weighted by molar-refractivity contribution is 7.98. The number of alkyl halides is 2. The minimum atomic E-state index is -2.83. The highest BCUT2D eigenvalue weighted by atomic mass is 32.2. The lowest BCUT2D eigenvalue weighted by Gasteiger charge is -2.32. The van der Waals surface area contributed by atoms with Gasteiger partial charge in [0, 0.05) is 43.0 Å². The van der Waals surface area contributed by atoms with Gasteiger partial charge in [0.1, 0.15) is 11.3 Å². The largest absolute Gasteiger partial charge is 0.435 e. The normalized spacial score (nSPS) is 17.6. The van der Waals surface area contributed by atoms with Crippen molar-refractivity contribution >= 4 is 28.7 Å². The number of nitrogens with zero attached hydrogens (tertiary/aromatic N) is 3.